The van der Waals surface area contributed by atoms with Gasteiger partial charge in [0.25, 0.3) is 5.91 Å². The summed E-state index contributed by atoms with van der Waals surface area (Å²) < 4.78 is 7.35. The molecule has 2 aromatic heterocycles. The number of aryl methyl sites for hydroxylation is 2. The third kappa shape index (κ3) is 2.22. The second kappa shape index (κ2) is 5.13. The highest BCUT2D eigenvalue weighted by Gasteiger charge is 2.31. The summed E-state index contributed by atoms with van der Waals surface area (Å²) in [6, 6.07) is 3.56. The Labute approximate surface area is 117 Å². The molecule has 0 aliphatic carbocycles. The van der Waals surface area contributed by atoms with Gasteiger partial charge in [-0.25, -0.2) is 4.98 Å². The Morgan fingerprint density at radius 3 is 3.05 bits per heavy atom. The second-order valence-corrected chi connectivity index (χ2v) is 5.05. The fraction of sp³-hybridized carbons (Fsp3) is 0.429. The minimum atomic E-state index is -0.153. The van der Waals surface area contributed by atoms with Gasteiger partial charge in [0.2, 0.25) is 0 Å². The van der Waals surface area contributed by atoms with E-state index in [0.717, 1.165) is 11.5 Å². The summed E-state index contributed by atoms with van der Waals surface area (Å²) >= 11 is 0. The molecular formula is C14H18N4O2. The molecule has 0 bridgehead atoms. The van der Waals surface area contributed by atoms with Crippen molar-refractivity contribution in [3.05, 3.63) is 41.7 Å². The fourth-order valence-corrected chi connectivity index (χ4v) is 2.51. The predicted molar refractivity (Wildman–Crippen MR) is 73.3 cm³/mol. The van der Waals surface area contributed by atoms with Gasteiger partial charge >= 0.3 is 0 Å². The van der Waals surface area contributed by atoms with Crippen molar-refractivity contribution in [3.8, 4) is 0 Å². The molecule has 1 amide bonds. The average molecular weight is 274 g/mol. The highest BCUT2D eigenvalue weighted by molar-refractivity contribution is 5.93. The normalized spacial score (nSPS) is 19.3. The van der Waals surface area contributed by atoms with Gasteiger partial charge in [-0.05, 0) is 19.1 Å². The number of amides is 1. The van der Waals surface area contributed by atoms with Gasteiger partial charge in [-0.3, -0.25) is 4.79 Å². The molecule has 2 aromatic rings. The maximum Gasteiger partial charge on any atom is 0.271 e. The monoisotopic (exact) mass is 274 g/mol. The number of hydrogen-bond acceptors (Lipinski definition) is 3. The molecule has 1 saturated heterocycles. The minimum Gasteiger partial charge on any atom is -0.377 e. The van der Waals surface area contributed by atoms with Gasteiger partial charge in [0, 0.05) is 31.7 Å². The number of ether oxygens (including phenoxy) is 1. The number of H-pyrrole nitrogens is 1. The molecule has 1 N–H and O–H groups in total. The Kier molecular flexibility index (Phi) is 3.31. The number of morpholine rings is 1. The fourth-order valence-electron chi connectivity index (χ4n) is 2.51. The highest BCUT2D eigenvalue weighted by atomic mass is 16.5. The van der Waals surface area contributed by atoms with Crippen molar-refractivity contribution >= 4 is 5.91 Å². The molecule has 0 aromatic carbocycles. The number of aromatic amines is 1. The second-order valence-electron chi connectivity index (χ2n) is 5.05. The Balaban J connectivity index is 1.89. The quantitative estimate of drug-likeness (QED) is 0.897. The molecule has 0 unspecified atom stereocenters. The van der Waals surface area contributed by atoms with E-state index >= 15 is 0 Å². The molecule has 106 valence electrons. The predicted octanol–water partition coefficient (Wildman–Crippen LogP) is 1.27. The van der Waals surface area contributed by atoms with E-state index in [4.69, 9.17) is 4.74 Å². The maximum absolute atomic E-state index is 12.7. The van der Waals surface area contributed by atoms with E-state index in [2.05, 4.69) is 9.97 Å². The van der Waals surface area contributed by atoms with E-state index in [9.17, 15) is 4.79 Å². The average Bonchev–Trinajstić information content (AvgIpc) is 3.07. The van der Waals surface area contributed by atoms with Crippen LogP contribution in [0.15, 0.2) is 24.5 Å². The van der Waals surface area contributed by atoms with Gasteiger partial charge in [0.1, 0.15) is 17.6 Å². The van der Waals surface area contributed by atoms with E-state index in [1.807, 2.05) is 41.8 Å². The van der Waals surface area contributed by atoms with Crippen molar-refractivity contribution in [2.75, 3.05) is 19.8 Å². The third-order valence-corrected chi connectivity index (χ3v) is 3.59. The molecule has 0 saturated carbocycles. The van der Waals surface area contributed by atoms with Crippen molar-refractivity contribution in [1.82, 2.24) is 19.4 Å². The van der Waals surface area contributed by atoms with Crippen LogP contribution in [0.1, 0.15) is 28.0 Å². The summed E-state index contributed by atoms with van der Waals surface area (Å²) in [6.07, 6.45) is 3.65. The van der Waals surface area contributed by atoms with Gasteiger partial charge in [-0.1, -0.05) is 0 Å². The first kappa shape index (κ1) is 12.9. The molecule has 0 radical (unpaired) electrons. The first-order valence-corrected chi connectivity index (χ1v) is 6.68. The smallest absolute Gasteiger partial charge is 0.271 e. The summed E-state index contributed by atoms with van der Waals surface area (Å²) in [6.45, 7) is 3.56. The summed E-state index contributed by atoms with van der Waals surface area (Å²) in [5.41, 5.74) is 1.66. The van der Waals surface area contributed by atoms with Crippen LogP contribution in [0, 0.1) is 6.92 Å². The zero-order valence-electron chi connectivity index (χ0n) is 11.7. The lowest BCUT2D eigenvalue weighted by molar-refractivity contribution is -0.00549. The van der Waals surface area contributed by atoms with E-state index in [0.29, 0.717) is 25.5 Å². The SMILES string of the molecule is Cc1cnc([C@@H]2COCCN2C(=O)c2cccn2C)[nH]1. The summed E-state index contributed by atoms with van der Waals surface area (Å²) in [5.74, 6) is 0.796. The number of imidazole rings is 1. The zero-order valence-corrected chi connectivity index (χ0v) is 11.7. The Morgan fingerprint density at radius 2 is 2.40 bits per heavy atom. The first-order valence-electron chi connectivity index (χ1n) is 6.68. The van der Waals surface area contributed by atoms with Crippen LogP contribution in [0.4, 0.5) is 0 Å². The molecule has 3 rings (SSSR count). The van der Waals surface area contributed by atoms with Crippen LogP contribution in [-0.2, 0) is 11.8 Å². The van der Waals surface area contributed by atoms with E-state index in [1.165, 1.54) is 0 Å². The molecule has 0 spiro atoms. The number of carbonyl (C=O) groups excluding carboxylic acids is 1. The lowest BCUT2D eigenvalue weighted by Crippen LogP contribution is -2.44. The maximum atomic E-state index is 12.7. The molecule has 6 nitrogen and oxygen atoms in total. The summed E-state index contributed by atoms with van der Waals surface area (Å²) in [4.78, 5) is 22.0. The molecular weight excluding hydrogens is 256 g/mol. The van der Waals surface area contributed by atoms with Crippen molar-refractivity contribution in [1.29, 1.82) is 0 Å². The van der Waals surface area contributed by atoms with Crippen LogP contribution >= 0.6 is 0 Å². The lowest BCUT2D eigenvalue weighted by Gasteiger charge is -2.34. The molecule has 20 heavy (non-hydrogen) atoms. The van der Waals surface area contributed by atoms with Crippen LogP contribution in [0.25, 0.3) is 0 Å². The third-order valence-electron chi connectivity index (χ3n) is 3.59. The number of nitrogens with one attached hydrogen (secondary N) is 1. The van der Waals surface area contributed by atoms with E-state index in [1.54, 1.807) is 6.20 Å². The molecule has 1 aliphatic rings. The zero-order chi connectivity index (χ0) is 14.1. The van der Waals surface area contributed by atoms with Crippen LogP contribution in [0.5, 0.6) is 0 Å². The van der Waals surface area contributed by atoms with Crippen molar-refractivity contribution in [2.45, 2.75) is 13.0 Å². The van der Waals surface area contributed by atoms with E-state index in [-0.39, 0.29) is 11.9 Å². The van der Waals surface area contributed by atoms with E-state index < -0.39 is 0 Å². The van der Waals surface area contributed by atoms with Crippen molar-refractivity contribution in [3.63, 3.8) is 0 Å². The molecule has 6 heteroatoms. The van der Waals surface area contributed by atoms with Gasteiger partial charge in [0.15, 0.2) is 0 Å². The van der Waals surface area contributed by atoms with Gasteiger partial charge in [-0.2, -0.15) is 0 Å². The van der Waals surface area contributed by atoms with Crippen LogP contribution in [0.3, 0.4) is 0 Å². The summed E-state index contributed by atoms with van der Waals surface area (Å²) in [7, 11) is 1.87. The number of carbonyl (C=O) groups is 1. The topological polar surface area (TPSA) is 63.1 Å². The Bertz CT molecular complexity index is 616. The minimum absolute atomic E-state index is 0.0138. The molecule has 3 heterocycles. The Hall–Kier alpha value is -2.08. The van der Waals surface area contributed by atoms with Crippen LogP contribution < -0.4 is 0 Å². The molecule has 1 fully saturated rings. The van der Waals surface area contributed by atoms with Crippen molar-refractivity contribution in [2.24, 2.45) is 7.05 Å². The van der Waals surface area contributed by atoms with Crippen molar-refractivity contribution < 1.29 is 9.53 Å². The van der Waals surface area contributed by atoms with Crippen LogP contribution in [-0.4, -0.2) is 45.1 Å². The van der Waals surface area contributed by atoms with Gasteiger partial charge < -0.3 is 19.2 Å². The van der Waals surface area contributed by atoms with Gasteiger partial charge in [0.05, 0.1) is 13.2 Å². The number of aromatic nitrogens is 3. The summed E-state index contributed by atoms with van der Waals surface area (Å²) in [5, 5.41) is 0. The standard InChI is InChI=1S/C14H18N4O2/c1-10-8-15-13(16-10)12-9-20-7-6-18(12)14(19)11-4-3-5-17(11)2/h3-5,8,12H,6-7,9H2,1-2H3,(H,15,16)/t12-/m0/s1. The van der Waals surface area contributed by atoms with Crippen LogP contribution in [0.2, 0.25) is 0 Å². The highest BCUT2D eigenvalue weighted by Crippen LogP contribution is 2.24. The molecule has 1 aliphatic heterocycles. The number of rotatable bonds is 2. The first-order chi connectivity index (χ1) is 9.66. The Morgan fingerprint density at radius 1 is 1.55 bits per heavy atom. The number of nitrogens with zero attached hydrogens (tertiary/aromatic N) is 3. The van der Waals surface area contributed by atoms with Gasteiger partial charge in [-0.15, -0.1) is 0 Å². The molecule has 1 atom stereocenters. The largest absolute Gasteiger partial charge is 0.377 e. The lowest BCUT2D eigenvalue weighted by atomic mass is 10.2. The number of hydrogen-bond donors (Lipinski definition) is 1.